The summed E-state index contributed by atoms with van der Waals surface area (Å²) < 4.78 is 41.7. The molecule has 3 nitrogen and oxygen atoms in total. The van der Waals surface area contributed by atoms with E-state index >= 15 is 0 Å². The maximum absolute atomic E-state index is 13.1. The molecule has 0 heterocycles. The highest BCUT2D eigenvalue weighted by Gasteiger charge is 2.08. The van der Waals surface area contributed by atoms with E-state index in [-0.39, 0.29) is 15.9 Å². The van der Waals surface area contributed by atoms with Crippen molar-refractivity contribution in [3.05, 3.63) is 52.8 Å². The van der Waals surface area contributed by atoms with Gasteiger partial charge in [0.25, 0.3) is 0 Å². The van der Waals surface area contributed by atoms with Gasteiger partial charge in [-0.2, -0.15) is 8.78 Å². The predicted octanol–water partition coefficient (Wildman–Crippen LogP) is 5.20. The van der Waals surface area contributed by atoms with Crippen LogP contribution in [0, 0.1) is 12.7 Å². The van der Waals surface area contributed by atoms with Crippen molar-refractivity contribution < 1.29 is 17.9 Å². The van der Waals surface area contributed by atoms with Crippen molar-refractivity contribution in [1.82, 2.24) is 0 Å². The molecule has 0 unspecified atom stereocenters. The zero-order valence-electron chi connectivity index (χ0n) is 11.9. The second kappa shape index (κ2) is 7.52. The van der Waals surface area contributed by atoms with E-state index in [4.69, 9.17) is 23.8 Å². The van der Waals surface area contributed by atoms with Crippen molar-refractivity contribution in [2.75, 3.05) is 10.6 Å². The van der Waals surface area contributed by atoms with Crippen LogP contribution in [0.2, 0.25) is 5.02 Å². The van der Waals surface area contributed by atoms with Crippen LogP contribution in [-0.4, -0.2) is 11.7 Å². The molecule has 0 atom stereocenters. The molecule has 23 heavy (non-hydrogen) atoms. The minimum Gasteiger partial charge on any atom is -0.435 e. The Hall–Kier alpha value is -1.99. The van der Waals surface area contributed by atoms with Gasteiger partial charge in [0, 0.05) is 11.4 Å². The normalized spacial score (nSPS) is 10.5. The van der Waals surface area contributed by atoms with Gasteiger partial charge in [0.15, 0.2) is 5.11 Å². The van der Waals surface area contributed by atoms with E-state index < -0.39 is 12.4 Å². The van der Waals surface area contributed by atoms with Crippen LogP contribution < -0.4 is 15.4 Å². The number of hydrogen-bond acceptors (Lipinski definition) is 2. The number of benzene rings is 2. The lowest BCUT2D eigenvalue weighted by Gasteiger charge is -2.14. The smallest absolute Gasteiger partial charge is 0.387 e. The van der Waals surface area contributed by atoms with Gasteiger partial charge in [-0.05, 0) is 61.1 Å². The maximum Gasteiger partial charge on any atom is 0.387 e. The monoisotopic (exact) mass is 360 g/mol. The van der Waals surface area contributed by atoms with Gasteiger partial charge in [-0.3, -0.25) is 0 Å². The Kier molecular flexibility index (Phi) is 5.68. The highest BCUT2D eigenvalue weighted by Crippen LogP contribution is 2.23. The van der Waals surface area contributed by atoms with Crippen molar-refractivity contribution in [3.8, 4) is 5.75 Å². The van der Waals surface area contributed by atoms with E-state index in [9.17, 15) is 13.2 Å². The molecule has 8 heteroatoms. The van der Waals surface area contributed by atoms with Gasteiger partial charge < -0.3 is 15.4 Å². The van der Waals surface area contributed by atoms with Crippen LogP contribution in [-0.2, 0) is 0 Å². The number of thiocarbonyl (C=S) groups is 1. The summed E-state index contributed by atoms with van der Waals surface area (Å²) in [6, 6.07) is 8.54. The predicted molar refractivity (Wildman–Crippen MR) is 89.1 cm³/mol. The van der Waals surface area contributed by atoms with E-state index in [0.717, 1.165) is 0 Å². The quantitative estimate of drug-likeness (QED) is 0.734. The Balaban J connectivity index is 2.03. The maximum atomic E-state index is 13.1. The first kappa shape index (κ1) is 17.4. The Morgan fingerprint density at radius 2 is 1.91 bits per heavy atom. The molecule has 2 N–H and O–H groups in total. The number of anilines is 2. The van der Waals surface area contributed by atoms with Gasteiger partial charge in [0.2, 0.25) is 0 Å². The first-order valence-corrected chi connectivity index (χ1v) is 7.22. The third-order valence-electron chi connectivity index (χ3n) is 2.85. The van der Waals surface area contributed by atoms with E-state index in [1.165, 1.54) is 30.3 Å². The molecule has 122 valence electrons. The Morgan fingerprint density at radius 1 is 1.17 bits per heavy atom. The van der Waals surface area contributed by atoms with Gasteiger partial charge in [-0.1, -0.05) is 11.6 Å². The summed E-state index contributed by atoms with van der Waals surface area (Å²) in [4.78, 5) is 0. The molecular weight excluding hydrogens is 349 g/mol. The molecule has 2 aromatic rings. The van der Waals surface area contributed by atoms with Crippen LogP contribution in [0.4, 0.5) is 24.5 Å². The number of rotatable bonds is 4. The number of nitrogens with one attached hydrogen (secondary N) is 2. The van der Waals surface area contributed by atoms with Crippen molar-refractivity contribution in [1.29, 1.82) is 0 Å². The highest BCUT2D eigenvalue weighted by molar-refractivity contribution is 7.80. The van der Waals surface area contributed by atoms with E-state index in [1.54, 1.807) is 13.0 Å². The van der Waals surface area contributed by atoms with Crippen molar-refractivity contribution in [2.24, 2.45) is 0 Å². The molecule has 0 spiro atoms. The first-order chi connectivity index (χ1) is 10.8. The lowest BCUT2D eigenvalue weighted by Crippen LogP contribution is -2.19. The molecule has 0 aliphatic rings. The molecule has 0 saturated carbocycles. The summed E-state index contributed by atoms with van der Waals surface area (Å²) in [5.41, 5.74) is 1.81. The molecule has 0 radical (unpaired) electrons. The summed E-state index contributed by atoms with van der Waals surface area (Å²) in [6.07, 6.45) is 0. The van der Waals surface area contributed by atoms with E-state index in [1.807, 2.05) is 0 Å². The molecule has 0 fully saturated rings. The Labute approximate surface area is 141 Å². The van der Waals surface area contributed by atoms with Crippen molar-refractivity contribution >= 4 is 40.3 Å². The summed E-state index contributed by atoms with van der Waals surface area (Å²) >= 11 is 10.8. The first-order valence-electron chi connectivity index (χ1n) is 6.43. The average Bonchev–Trinajstić information content (AvgIpc) is 2.45. The summed E-state index contributed by atoms with van der Waals surface area (Å²) in [5.74, 6) is -0.464. The minimum atomic E-state index is -2.88. The van der Waals surface area contributed by atoms with Crippen LogP contribution >= 0.6 is 23.8 Å². The topological polar surface area (TPSA) is 33.3 Å². The van der Waals surface area contributed by atoms with Gasteiger partial charge in [0.1, 0.15) is 11.6 Å². The lowest BCUT2D eigenvalue weighted by molar-refractivity contribution is -0.0498. The third-order valence-corrected chi connectivity index (χ3v) is 3.34. The van der Waals surface area contributed by atoms with Gasteiger partial charge in [-0.25, -0.2) is 4.39 Å². The van der Waals surface area contributed by atoms with Gasteiger partial charge >= 0.3 is 6.61 Å². The largest absolute Gasteiger partial charge is 0.435 e. The molecule has 0 bridgehead atoms. The number of alkyl halides is 2. The zero-order chi connectivity index (χ0) is 17.0. The Morgan fingerprint density at radius 3 is 2.52 bits per heavy atom. The minimum absolute atomic E-state index is 0.0255. The van der Waals surface area contributed by atoms with Crippen LogP contribution in [0.25, 0.3) is 0 Å². The molecule has 0 aliphatic carbocycles. The molecule has 2 aromatic carbocycles. The zero-order valence-corrected chi connectivity index (χ0v) is 13.4. The van der Waals surface area contributed by atoms with E-state index in [2.05, 4.69) is 15.4 Å². The molecule has 2 rings (SSSR count). The molecule has 0 amide bonds. The van der Waals surface area contributed by atoms with Crippen LogP contribution in [0.3, 0.4) is 0 Å². The van der Waals surface area contributed by atoms with E-state index in [0.29, 0.717) is 16.9 Å². The lowest BCUT2D eigenvalue weighted by atomic mass is 10.2. The molecule has 0 aliphatic heterocycles. The second-order valence-corrected chi connectivity index (χ2v) is 5.38. The van der Waals surface area contributed by atoms with Crippen LogP contribution in [0.1, 0.15) is 5.56 Å². The third kappa shape index (κ3) is 5.01. The highest BCUT2D eigenvalue weighted by atomic mass is 35.5. The fourth-order valence-electron chi connectivity index (χ4n) is 1.81. The standard InChI is InChI=1S/C15H12ClF3N2OS/c1-8-6-10(22-14(18)19)3-5-13(8)21-15(23)20-9-2-4-12(17)11(16)7-9/h2-7,14H,1H3,(H2,20,21,23). The van der Waals surface area contributed by atoms with Crippen molar-refractivity contribution in [3.63, 3.8) is 0 Å². The fraction of sp³-hybridized carbons (Fsp3) is 0.133. The molecule has 0 saturated heterocycles. The molecular formula is C15H12ClF3N2OS. The van der Waals surface area contributed by atoms with Gasteiger partial charge in [0.05, 0.1) is 5.02 Å². The summed E-state index contributed by atoms with van der Waals surface area (Å²) in [5, 5.41) is 5.99. The second-order valence-electron chi connectivity index (χ2n) is 4.56. The summed E-state index contributed by atoms with van der Waals surface area (Å²) in [6.45, 7) is -1.16. The SMILES string of the molecule is Cc1cc(OC(F)F)ccc1NC(=S)Nc1ccc(F)c(Cl)c1. The Bertz CT molecular complexity index is 728. The van der Waals surface area contributed by atoms with Crippen LogP contribution in [0.5, 0.6) is 5.75 Å². The number of halogens is 4. The van der Waals surface area contributed by atoms with Gasteiger partial charge in [-0.15, -0.1) is 0 Å². The molecule has 0 aromatic heterocycles. The van der Waals surface area contributed by atoms with Crippen molar-refractivity contribution in [2.45, 2.75) is 13.5 Å². The average molecular weight is 361 g/mol. The van der Waals surface area contributed by atoms with Crippen LogP contribution in [0.15, 0.2) is 36.4 Å². The number of hydrogen-bond donors (Lipinski definition) is 2. The number of aryl methyl sites for hydroxylation is 1. The number of ether oxygens (including phenoxy) is 1. The fourth-order valence-corrected chi connectivity index (χ4v) is 2.22. The summed E-state index contributed by atoms with van der Waals surface area (Å²) in [7, 11) is 0.